The molecule has 0 aromatic carbocycles. The highest BCUT2D eigenvalue weighted by atomic mass is 16.6. The fraction of sp³-hybridized carbons (Fsp3) is 0.948. The molecule has 0 radical (unpaired) electrons. The van der Waals surface area contributed by atoms with Crippen LogP contribution >= 0.6 is 0 Å². The van der Waals surface area contributed by atoms with Gasteiger partial charge in [-0.05, 0) is 37.0 Å². The third kappa shape index (κ3) is 42.2. The lowest BCUT2D eigenvalue weighted by atomic mass is 10.0. The molecule has 0 spiro atoms. The number of aliphatic hydroxyl groups is 1. The average Bonchev–Trinajstić information content (AvgIpc) is 3.27. The second kappa shape index (κ2) is 47.4. The number of rotatable bonds is 51. The van der Waals surface area contributed by atoms with E-state index >= 15 is 0 Å². The van der Waals surface area contributed by atoms with Crippen molar-refractivity contribution in [1.29, 1.82) is 0 Å². The van der Waals surface area contributed by atoms with Crippen LogP contribution in [-0.4, -0.2) is 48.4 Å². The zero-order valence-corrected chi connectivity index (χ0v) is 44.4. The van der Waals surface area contributed by atoms with Crippen LogP contribution in [0.4, 0.5) is 0 Å². The van der Waals surface area contributed by atoms with E-state index in [1.54, 1.807) is 0 Å². The number of unbranched alkanes of at least 4 members (excludes halogenated alkanes) is 36. The van der Waals surface area contributed by atoms with Crippen molar-refractivity contribution >= 4 is 17.9 Å². The zero-order valence-electron chi connectivity index (χ0n) is 44.4. The SMILES string of the molecule is CC(C)CCCCCCCCCCCCCCCOC(=O)C(O)(C(=O)OCCCCCCCCCCCCCCCC(C)C)C(=O)OCCCCCCCCCCCCCCCC(C)C. The Morgan fingerprint density at radius 2 is 0.415 bits per heavy atom. The van der Waals surface area contributed by atoms with Crippen LogP contribution < -0.4 is 0 Å². The number of carbonyl (C=O) groups excluding carboxylic acids is 3. The highest BCUT2D eigenvalue weighted by molar-refractivity contribution is 6.21. The average molecular weight is 922 g/mol. The summed E-state index contributed by atoms with van der Waals surface area (Å²) in [7, 11) is 0. The highest BCUT2D eigenvalue weighted by Crippen LogP contribution is 2.20. The number of hydrogen-bond donors (Lipinski definition) is 1. The van der Waals surface area contributed by atoms with Gasteiger partial charge in [0.1, 0.15) is 0 Å². The lowest BCUT2D eigenvalue weighted by molar-refractivity contribution is -0.195. The van der Waals surface area contributed by atoms with Gasteiger partial charge in [0.2, 0.25) is 0 Å². The zero-order chi connectivity index (χ0) is 47.9. The van der Waals surface area contributed by atoms with Crippen molar-refractivity contribution in [2.75, 3.05) is 19.8 Å². The Labute approximate surface area is 404 Å². The molecule has 0 aliphatic rings. The Balaban J connectivity index is 4.47. The minimum atomic E-state index is -3.10. The minimum Gasteiger partial charge on any atom is -0.463 e. The topological polar surface area (TPSA) is 99.1 Å². The summed E-state index contributed by atoms with van der Waals surface area (Å²) < 4.78 is 16.1. The molecule has 0 aliphatic carbocycles. The van der Waals surface area contributed by atoms with Gasteiger partial charge in [-0.25, -0.2) is 14.4 Å². The van der Waals surface area contributed by atoms with Crippen LogP contribution in [0, 0.1) is 17.8 Å². The van der Waals surface area contributed by atoms with Crippen molar-refractivity contribution in [3.05, 3.63) is 0 Å². The van der Waals surface area contributed by atoms with Gasteiger partial charge < -0.3 is 19.3 Å². The first-order chi connectivity index (χ1) is 31.5. The molecule has 386 valence electrons. The van der Waals surface area contributed by atoms with Crippen LogP contribution in [0.25, 0.3) is 0 Å². The Morgan fingerprint density at radius 3 is 0.569 bits per heavy atom. The Hall–Kier alpha value is -1.63. The van der Waals surface area contributed by atoms with Gasteiger partial charge in [0.25, 0.3) is 0 Å². The lowest BCUT2D eigenvalue weighted by Gasteiger charge is -2.22. The van der Waals surface area contributed by atoms with Crippen LogP contribution in [0.2, 0.25) is 0 Å². The first kappa shape index (κ1) is 63.4. The van der Waals surface area contributed by atoms with Gasteiger partial charge >= 0.3 is 23.5 Å². The predicted molar refractivity (Wildman–Crippen MR) is 276 cm³/mol. The molecular formula is C58H112O7. The summed E-state index contributed by atoms with van der Waals surface area (Å²) in [5.41, 5.74) is -3.10. The number of ether oxygens (including phenoxy) is 3. The maximum atomic E-state index is 13.2. The van der Waals surface area contributed by atoms with Gasteiger partial charge in [0.05, 0.1) is 19.8 Å². The van der Waals surface area contributed by atoms with E-state index in [9.17, 15) is 19.5 Å². The van der Waals surface area contributed by atoms with Crippen molar-refractivity contribution in [2.24, 2.45) is 17.8 Å². The summed E-state index contributed by atoms with van der Waals surface area (Å²) in [6.45, 7) is 13.9. The fourth-order valence-corrected chi connectivity index (χ4v) is 8.86. The molecular weight excluding hydrogens is 809 g/mol. The van der Waals surface area contributed by atoms with Gasteiger partial charge in [-0.1, -0.05) is 292 Å². The largest absolute Gasteiger partial charge is 0.463 e. The smallest absolute Gasteiger partial charge is 0.362 e. The van der Waals surface area contributed by atoms with Gasteiger partial charge in [-0.15, -0.1) is 0 Å². The second-order valence-electron chi connectivity index (χ2n) is 21.5. The van der Waals surface area contributed by atoms with Crippen LogP contribution in [0.3, 0.4) is 0 Å². The standard InChI is InChI=1S/C58H112O7/c1-52(2)46-40-34-28-22-16-10-7-13-19-25-31-37-43-49-63-55(59)58(62,56(60)64-50-44-38-32-26-20-14-8-11-17-23-29-35-41-47-53(3)4)57(61)65-51-45-39-33-27-21-15-9-12-18-24-30-36-42-48-54(5)6/h52-54,62H,7-51H2,1-6H3. The summed E-state index contributed by atoms with van der Waals surface area (Å²) in [6.07, 6.45) is 50.9. The number of carbonyl (C=O) groups is 3. The van der Waals surface area contributed by atoms with Gasteiger partial charge in [0, 0.05) is 0 Å². The van der Waals surface area contributed by atoms with Crippen molar-refractivity contribution < 1.29 is 33.7 Å². The van der Waals surface area contributed by atoms with E-state index in [0.717, 1.165) is 75.5 Å². The third-order valence-corrected chi connectivity index (χ3v) is 13.4. The summed E-state index contributed by atoms with van der Waals surface area (Å²) in [5.74, 6) is -1.40. The van der Waals surface area contributed by atoms with E-state index in [0.29, 0.717) is 19.3 Å². The molecule has 7 nitrogen and oxygen atoms in total. The van der Waals surface area contributed by atoms with E-state index < -0.39 is 23.5 Å². The molecule has 0 saturated heterocycles. The van der Waals surface area contributed by atoms with Gasteiger partial charge in [-0.3, -0.25) is 0 Å². The van der Waals surface area contributed by atoms with Crippen molar-refractivity contribution in [3.8, 4) is 0 Å². The molecule has 0 aromatic rings. The molecule has 65 heavy (non-hydrogen) atoms. The molecule has 0 rings (SSSR count). The fourth-order valence-electron chi connectivity index (χ4n) is 8.86. The highest BCUT2D eigenvalue weighted by Gasteiger charge is 2.56. The van der Waals surface area contributed by atoms with E-state index in [1.807, 2.05) is 0 Å². The Bertz CT molecular complexity index is 913. The Kier molecular flexibility index (Phi) is 46.2. The minimum absolute atomic E-state index is 0.0375. The first-order valence-corrected chi connectivity index (χ1v) is 28.8. The summed E-state index contributed by atoms with van der Waals surface area (Å²) in [6, 6.07) is 0. The van der Waals surface area contributed by atoms with Crippen LogP contribution in [0.5, 0.6) is 0 Å². The molecule has 0 amide bonds. The van der Waals surface area contributed by atoms with Crippen LogP contribution in [-0.2, 0) is 28.6 Å². The van der Waals surface area contributed by atoms with Crippen LogP contribution in [0.15, 0.2) is 0 Å². The molecule has 0 unspecified atom stereocenters. The second-order valence-corrected chi connectivity index (χ2v) is 21.5. The molecule has 0 aliphatic heterocycles. The Morgan fingerprint density at radius 1 is 0.277 bits per heavy atom. The van der Waals surface area contributed by atoms with E-state index in [4.69, 9.17) is 14.2 Å². The van der Waals surface area contributed by atoms with Crippen LogP contribution in [0.1, 0.15) is 311 Å². The number of esters is 3. The molecule has 0 fully saturated rings. The maximum absolute atomic E-state index is 13.2. The predicted octanol–water partition coefficient (Wildman–Crippen LogP) is 17.7. The first-order valence-electron chi connectivity index (χ1n) is 28.8. The van der Waals surface area contributed by atoms with E-state index in [1.165, 1.54) is 193 Å². The maximum Gasteiger partial charge on any atom is 0.362 e. The monoisotopic (exact) mass is 921 g/mol. The molecule has 1 N–H and O–H groups in total. The van der Waals surface area contributed by atoms with Gasteiger partial charge in [0.15, 0.2) is 0 Å². The number of hydrogen-bond acceptors (Lipinski definition) is 7. The van der Waals surface area contributed by atoms with Crippen molar-refractivity contribution in [1.82, 2.24) is 0 Å². The third-order valence-electron chi connectivity index (χ3n) is 13.4. The summed E-state index contributed by atoms with van der Waals surface area (Å²) in [4.78, 5) is 39.6. The molecule has 7 heteroatoms. The normalized spacial score (nSPS) is 11.9. The lowest BCUT2D eigenvalue weighted by Crippen LogP contribution is -2.56. The van der Waals surface area contributed by atoms with Gasteiger partial charge in [-0.2, -0.15) is 0 Å². The molecule has 0 heterocycles. The molecule has 0 aromatic heterocycles. The molecule has 0 atom stereocenters. The molecule has 0 bridgehead atoms. The quantitative estimate of drug-likeness (QED) is 0.0281. The van der Waals surface area contributed by atoms with E-state index in [2.05, 4.69) is 41.5 Å². The summed E-state index contributed by atoms with van der Waals surface area (Å²) in [5, 5.41) is 11.3. The summed E-state index contributed by atoms with van der Waals surface area (Å²) >= 11 is 0. The van der Waals surface area contributed by atoms with Crippen molar-refractivity contribution in [3.63, 3.8) is 0 Å². The van der Waals surface area contributed by atoms with Crippen molar-refractivity contribution in [2.45, 2.75) is 317 Å². The molecule has 0 saturated carbocycles. The van der Waals surface area contributed by atoms with E-state index in [-0.39, 0.29) is 19.8 Å².